The van der Waals surface area contributed by atoms with Crippen LogP contribution in [-0.2, 0) is 6.54 Å². The maximum atomic E-state index is 14.1. The highest BCUT2D eigenvalue weighted by Crippen LogP contribution is 2.40. The number of fused-ring (bicyclic) bond motifs is 2. The molecule has 3 aliphatic rings. The Balaban J connectivity index is 1.25. The number of aliphatic hydroxyl groups excluding tert-OH is 1. The van der Waals surface area contributed by atoms with Gasteiger partial charge in [-0.05, 0) is 62.8 Å². The quantitative estimate of drug-likeness (QED) is 0.319. The maximum Gasteiger partial charge on any atom is 0.255 e. The molecule has 3 fully saturated rings. The van der Waals surface area contributed by atoms with Gasteiger partial charge in [-0.2, -0.15) is 5.10 Å². The summed E-state index contributed by atoms with van der Waals surface area (Å²) < 4.78 is 24.6. The van der Waals surface area contributed by atoms with Gasteiger partial charge >= 0.3 is 0 Å². The fraction of sp³-hybridized carbons (Fsp3) is 0.484. The highest BCUT2D eigenvalue weighted by atomic mass is 19.1. The lowest BCUT2D eigenvalue weighted by Gasteiger charge is -2.32. The first-order chi connectivity index (χ1) is 19.8. The number of nitrogens with one attached hydrogen (secondary N) is 1. The van der Waals surface area contributed by atoms with Crippen molar-refractivity contribution >= 4 is 22.3 Å². The highest BCUT2D eigenvalue weighted by Gasteiger charge is 2.30. The molecule has 2 unspecified atom stereocenters. The third-order valence-electron chi connectivity index (χ3n) is 8.78. The fourth-order valence-corrected chi connectivity index (χ4v) is 6.44. The van der Waals surface area contributed by atoms with Crippen molar-refractivity contribution in [1.82, 2.24) is 24.4 Å². The fourth-order valence-electron chi connectivity index (χ4n) is 6.44. The number of piperidine rings is 1. The van der Waals surface area contributed by atoms with Gasteiger partial charge in [-0.25, -0.2) is 8.91 Å². The molecule has 1 saturated carbocycles. The van der Waals surface area contributed by atoms with Gasteiger partial charge in [0.25, 0.3) is 5.91 Å². The Hall–Kier alpha value is -3.47. The molecule has 4 aromatic rings. The van der Waals surface area contributed by atoms with E-state index >= 15 is 0 Å². The second-order valence-corrected chi connectivity index (χ2v) is 12.1. The van der Waals surface area contributed by atoms with Gasteiger partial charge < -0.3 is 25.0 Å². The molecule has 2 aliphatic heterocycles. The minimum absolute atomic E-state index is 0.0669. The van der Waals surface area contributed by atoms with Gasteiger partial charge in [0.2, 0.25) is 0 Å². The Morgan fingerprint density at radius 1 is 1.20 bits per heavy atom. The lowest BCUT2D eigenvalue weighted by molar-refractivity contribution is 0.0606. The summed E-state index contributed by atoms with van der Waals surface area (Å²) in [6, 6.07) is 11.7. The number of carbonyl (C=O) groups excluding carboxylic acids is 1. The second-order valence-electron chi connectivity index (χ2n) is 12.1. The van der Waals surface area contributed by atoms with Gasteiger partial charge in [0, 0.05) is 48.7 Å². The van der Waals surface area contributed by atoms with Crippen molar-refractivity contribution in [3.8, 4) is 17.1 Å². The van der Waals surface area contributed by atoms with Crippen molar-refractivity contribution in [3.05, 3.63) is 53.7 Å². The van der Waals surface area contributed by atoms with E-state index in [1.807, 2.05) is 18.2 Å². The highest BCUT2D eigenvalue weighted by molar-refractivity contribution is 5.95. The zero-order chi connectivity index (χ0) is 28.2. The molecule has 0 radical (unpaired) electrons. The number of nitrogens with zero attached hydrogens (tertiary/aromatic N) is 4. The molecule has 3 aromatic heterocycles. The van der Waals surface area contributed by atoms with Crippen LogP contribution in [-0.4, -0.2) is 74.8 Å². The van der Waals surface area contributed by atoms with E-state index in [4.69, 9.17) is 15.6 Å². The molecule has 4 atom stereocenters. The summed E-state index contributed by atoms with van der Waals surface area (Å²) in [5, 5.41) is 19.0. The molecule has 216 valence electrons. The van der Waals surface area contributed by atoms with E-state index in [0.717, 1.165) is 52.2 Å². The summed E-state index contributed by atoms with van der Waals surface area (Å²) in [5.74, 6) is 1.51. The van der Waals surface area contributed by atoms with Crippen LogP contribution in [0, 0.1) is 18.8 Å². The number of rotatable bonds is 7. The van der Waals surface area contributed by atoms with Crippen LogP contribution in [0.25, 0.3) is 27.8 Å². The lowest BCUT2D eigenvalue weighted by Crippen LogP contribution is -2.50. The number of pyridine rings is 1. The van der Waals surface area contributed by atoms with Crippen LogP contribution >= 0.6 is 0 Å². The molecule has 2 saturated heterocycles. The van der Waals surface area contributed by atoms with Crippen molar-refractivity contribution in [2.45, 2.75) is 57.6 Å². The van der Waals surface area contributed by atoms with Gasteiger partial charge in [-0.15, -0.1) is 0 Å². The Morgan fingerprint density at radius 2 is 2.05 bits per heavy atom. The van der Waals surface area contributed by atoms with E-state index in [2.05, 4.69) is 28.9 Å². The number of para-hydroxylation sites is 1. The summed E-state index contributed by atoms with van der Waals surface area (Å²) in [5.41, 5.74) is 11.4. The average molecular weight is 561 g/mol. The van der Waals surface area contributed by atoms with E-state index in [9.17, 15) is 14.3 Å². The van der Waals surface area contributed by atoms with E-state index in [1.54, 1.807) is 16.8 Å². The molecule has 1 aliphatic carbocycles. The molecule has 1 aromatic carbocycles. The number of nitrogens with two attached hydrogens (primary N) is 1. The predicted molar refractivity (Wildman–Crippen MR) is 155 cm³/mol. The summed E-state index contributed by atoms with van der Waals surface area (Å²) in [6.07, 6.45) is 3.58. The topological polar surface area (TPSA) is 110 Å². The number of carbonyl (C=O) groups is 1. The normalized spacial score (nSPS) is 24.9. The molecule has 9 nitrogen and oxygen atoms in total. The van der Waals surface area contributed by atoms with Crippen LogP contribution in [0.4, 0.5) is 4.39 Å². The Bertz CT molecular complexity index is 1600. The van der Waals surface area contributed by atoms with Gasteiger partial charge in [0.05, 0.1) is 35.4 Å². The molecule has 0 bridgehead atoms. The number of halogens is 1. The number of aromatic nitrogens is 3. The molecule has 1 amide bonds. The Labute approximate surface area is 238 Å². The van der Waals surface area contributed by atoms with Crippen LogP contribution in [0.2, 0.25) is 0 Å². The first kappa shape index (κ1) is 26.4. The summed E-state index contributed by atoms with van der Waals surface area (Å²) in [7, 11) is 0. The van der Waals surface area contributed by atoms with Crippen LogP contribution in [0.1, 0.15) is 41.6 Å². The number of benzene rings is 1. The largest absolute Gasteiger partial charge is 0.491 e. The maximum absolute atomic E-state index is 14.1. The van der Waals surface area contributed by atoms with Crippen molar-refractivity contribution in [1.29, 1.82) is 0 Å². The Kier molecular flexibility index (Phi) is 6.72. The van der Waals surface area contributed by atoms with Crippen molar-refractivity contribution in [3.63, 3.8) is 0 Å². The summed E-state index contributed by atoms with van der Waals surface area (Å²) in [4.78, 5) is 14.7. The molecular weight excluding hydrogens is 523 g/mol. The second kappa shape index (κ2) is 10.4. The Morgan fingerprint density at radius 3 is 2.80 bits per heavy atom. The molecule has 4 N–H and O–H groups in total. The molecular formula is C31H37FN6O3. The third kappa shape index (κ3) is 5.09. The molecule has 41 heavy (non-hydrogen) atoms. The molecule has 10 heteroatoms. The first-order valence-corrected chi connectivity index (χ1v) is 14.7. The standard InChI is InChI=1S/C31H37FN6O3/c1-18-25-8-7-22(31(40)36-15-23(32)11-24(33)16-36)14-38(25)35-29(18)26-10-21-3-2-4-27(30(21)37(26)13-19-5-6-19)41-17-20-9-28(39)34-12-20/h2-4,7-8,10,14,19-20,23-24,28,34,39H,5-6,9,11-13,15-17,33H2,1H3/t20?,23-,24-,28?/m1/s1. The summed E-state index contributed by atoms with van der Waals surface area (Å²) in [6.45, 7) is 4.66. The van der Waals surface area contributed by atoms with Gasteiger partial charge in [0.1, 0.15) is 23.8 Å². The van der Waals surface area contributed by atoms with E-state index in [-0.39, 0.29) is 30.8 Å². The van der Waals surface area contributed by atoms with E-state index < -0.39 is 12.4 Å². The van der Waals surface area contributed by atoms with Crippen molar-refractivity contribution in [2.24, 2.45) is 17.6 Å². The zero-order valence-electron chi connectivity index (χ0n) is 23.3. The SMILES string of the molecule is Cc1c(-c2cc3cccc(OCC4CNC(O)C4)c3n2CC2CC2)nn2cc(C(=O)N3C[C@H](N)C[C@@H](F)C3)ccc12. The summed E-state index contributed by atoms with van der Waals surface area (Å²) >= 11 is 0. The third-order valence-corrected chi connectivity index (χ3v) is 8.78. The van der Waals surface area contributed by atoms with Crippen LogP contribution in [0.3, 0.4) is 0 Å². The number of likely N-dealkylation sites (tertiary alicyclic amines) is 1. The zero-order valence-corrected chi connectivity index (χ0v) is 23.3. The lowest BCUT2D eigenvalue weighted by atomic mass is 10.0. The molecule has 7 rings (SSSR count). The van der Waals surface area contributed by atoms with Gasteiger partial charge in [0.15, 0.2) is 0 Å². The number of amides is 1. The number of alkyl halides is 1. The van der Waals surface area contributed by atoms with Gasteiger partial charge in [-0.3, -0.25) is 10.1 Å². The van der Waals surface area contributed by atoms with Crippen molar-refractivity contribution < 1.29 is 19.0 Å². The van der Waals surface area contributed by atoms with E-state index in [0.29, 0.717) is 31.1 Å². The monoisotopic (exact) mass is 560 g/mol. The number of ether oxygens (including phenoxy) is 1. The van der Waals surface area contributed by atoms with Crippen LogP contribution < -0.4 is 15.8 Å². The van der Waals surface area contributed by atoms with E-state index in [1.165, 1.54) is 17.7 Å². The molecule has 5 heterocycles. The predicted octanol–water partition coefficient (Wildman–Crippen LogP) is 3.49. The smallest absolute Gasteiger partial charge is 0.255 e. The number of hydrogen-bond acceptors (Lipinski definition) is 6. The van der Waals surface area contributed by atoms with Crippen LogP contribution in [0.5, 0.6) is 5.75 Å². The number of hydrogen-bond donors (Lipinski definition) is 3. The molecule has 0 spiro atoms. The van der Waals surface area contributed by atoms with Crippen molar-refractivity contribution in [2.75, 3.05) is 26.2 Å². The average Bonchev–Trinajstić information content (AvgIpc) is 3.42. The first-order valence-electron chi connectivity index (χ1n) is 14.7. The number of aliphatic hydroxyl groups is 1. The number of aryl methyl sites for hydroxylation is 1. The minimum Gasteiger partial charge on any atom is -0.491 e. The van der Waals surface area contributed by atoms with Crippen LogP contribution in [0.15, 0.2) is 42.6 Å². The van der Waals surface area contributed by atoms with Gasteiger partial charge in [-0.1, -0.05) is 12.1 Å². The minimum atomic E-state index is -1.10.